The van der Waals surface area contributed by atoms with Gasteiger partial charge < -0.3 is 10.6 Å². The van der Waals surface area contributed by atoms with Crippen LogP contribution in [-0.2, 0) is 9.59 Å². The largest absolute Gasteiger partial charge is 0.325 e. The van der Waals surface area contributed by atoms with Gasteiger partial charge in [0.2, 0.25) is 5.91 Å². The Bertz CT molecular complexity index is 958. The topological polar surface area (TPSA) is 78.5 Å². The second-order valence-electron chi connectivity index (χ2n) is 7.21. The summed E-state index contributed by atoms with van der Waals surface area (Å²) in [6.45, 7) is -0.299. The lowest BCUT2D eigenvalue weighted by Crippen LogP contribution is -2.44. The number of nitrogens with one attached hydrogen (secondary N) is 2. The quantitative estimate of drug-likeness (QED) is 0.695. The molecule has 1 heterocycles. The molecule has 1 spiro atoms. The van der Waals surface area contributed by atoms with E-state index in [4.69, 9.17) is 11.6 Å². The number of carbonyl (C=O) groups is 3. The van der Waals surface area contributed by atoms with E-state index in [-0.39, 0.29) is 12.5 Å². The van der Waals surface area contributed by atoms with E-state index in [2.05, 4.69) is 10.6 Å². The van der Waals surface area contributed by atoms with Crippen LogP contribution in [0.25, 0.3) is 0 Å². The van der Waals surface area contributed by atoms with Crippen molar-refractivity contribution in [1.29, 1.82) is 0 Å². The summed E-state index contributed by atoms with van der Waals surface area (Å²) in [6, 6.07) is 14.3. The summed E-state index contributed by atoms with van der Waals surface area (Å²) >= 11 is 7.42. The third kappa shape index (κ3) is 4.11. The maximum atomic E-state index is 12.7. The van der Waals surface area contributed by atoms with E-state index in [1.165, 1.54) is 11.8 Å². The van der Waals surface area contributed by atoms with Crippen molar-refractivity contribution in [2.75, 3.05) is 11.9 Å². The van der Waals surface area contributed by atoms with E-state index in [0.29, 0.717) is 23.6 Å². The lowest BCUT2D eigenvalue weighted by atomic mass is 9.98. The number of benzene rings is 2. The van der Waals surface area contributed by atoms with Crippen LogP contribution in [-0.4, -0.2) is 34.8 Å². The van der Waals surface area contributed by atoms with Gasteiger partial charge in [-0.15, -0.1) is 0 Å². The Morgan fingerprint density at radius 2 is 1.79 bits per heavy atom. The summed E-state index contributed by atoms with van der Waals surface area (Å²) in [5, 5.41) is 6.28. The highest BCUT2D eigenvalue weighted by molar-refractivity contribution is 7.99. The molecule has 1 saturated carbocycles. The van der Waals surface area contributed by atoms with Crippen molar-refractivity contribution in [3.05, 3.63) is 53.6 Å². The highest BCUT2D eigenvalue weighted by Gasteiger charge is 2.52. The predicted molar refractivity (Wildman–Crippen MR) is 112 cm³/mol. The molecule has 0 radical (unpaired) electrons. The van der Waals surface area contributed by atoms with Gasteiger partial charge in [-0.2, -0.15) is 0 Å². The molecule has 6 nitrogen and oxygen atoms in total. The molecular weight excluding hydrogens is 410 g/mol. The first kappa shape index (κ1) is 19.8. The maximum absolute atomic E-state index is 12.7. The Morgan fingerprint density at radius 3 is 2.52 bits per heavy atom. The van der Waals surface area contributed by atoms with Crippen LogP contribution in [0.3, 0.4) is 0 Å². The molecule has 0 aromatic heterocycles. The van der Waals surface area contributed by atoms with Crippen molar-refractivity contribution >= 4 is 46.9 Å². The first-order valence-corrected chi connectivity index (χ1v) is 10.6. The molecule has 2 aromatic carbocycles. The van der Waals surface area contributed by atoms with Gasteiger partial charge in [0, 0.05) is 14.8 Å². The van der Waals surface area contributed by atoms with Crippen molar-refractivity contribution in [3.63, 3.8) is 0 Å². The summed E-state index contributed by atoms with van der Waals surface area (Å²) in [5.74, 6) is -0.702. The molecule has 2 N–H and O–H groups in total. The molecule has 150 valence electrons. The fraction of sp³-hybridized carbons (Fsp3) is 0.286. The zero-order valence-electron chi connectivity index (χ0n) is 15.6. The van der Waals surface area contributed by atoms with Crippen molar-refractivity contribution in [1.82, 2.24) is 10.2 Å². The first-order valence-electron chi connectivity index (χ1n) is 9.43. The first-order chi connectivity index (χ1) is 14.0. The van der Waals surface area contributed by atoms with Crippen LogP contribution < -0.4 is 10.6 Å². The lowest BCUT2D eigenvalue weighted by molar-refractivity contribution is -0.133. The van der Waals surface area contributed by atoms with Crippen molar-refractivity contribution < 1.29 is 14.4 Å². The van der Waals surface area contributed by atoms with Crippen LogP contribution in [0.4, 0.5) is 10.5 Å². The second kappa shape index (κ2) is 8.08. The van der Waals surface area contributed by atoms with Crippen LogP contribution >= 0.6 is 23.4 Å². The third-order valence-electron chi connectivity index (χ3n) is 5.21. The zero-order chi connectivity index (χ0) is 20.4. The standard InChI is InChI=1S/C21H20ClN3O3S/c22-14-7-9-15(10-8-14)29-17-6-2-1-5-16(17)23-18(26)13-25-19(27)21(24-20(25)28)11-3-4-12-21/h1-2,5-10H,3-4,11-13H2,(H,23,26)(H,24,28). The Kier molecular flexibility index (Phi) is 5.52. The number of para-hydroxylation sites is 1. The van der Waals surface area contributed by atoms with Crippen LogP contribution in [0.15, 0.2) is 58.3 Å². The van der Waals surface area contributed by atoms with Gasteiger partial charge in [-0.05, 0) is 49.2 Å². The lowest BCUT2D eigenvalue weighted by Gasteiger charge is -2.20. The molecule has 1 aliphatic heterocycles. The molecule has 0 unspecified atom stereocenters. The molecular formula is C21H20ClN3O3S. The highest BCUT2D eigenvalue weighted by Crippen LogP contribution is 2.36. The smallest absolute Gasteiger partial charge is 0.323 e. The fourth-order valence-electron chi connectivity index (χ4n) is 3.76. The molecule has 0 atom stereocenters. The Hall–Kier alpha value is -2.51. The molecule has 29 heavy (non-hydrogen) atoms. The Balaban J connectivity index is 1.44. The molecule has 2 fully saturated rings. The van der Waals surface area contributed by atoms with E-state index in [0.717, 1.165) is 27.5 Å². The minimum Gasteiger partial charge on any atom is -0.323 e. The summed E-state index contributed by atoms with van der Waals surface area (Å²) in [5.41, 5.74) is -0.181. The van der Waals surface area contributed by atoms with Gasteiger partial charge in [0.05, 0.1) is 5.69 Å². The number of halogens is 1. The van der Waals surface area contributed by atoms with E-state index in [1.54, 1.807) is 6.07 Å². The average Bonchev–Trinajstić information content (AvgIpc) is 3.26. The SMILES string of the molecule is O=C(CN1C(=O)NC2(CCCC2)C1=O)Nc1ccccc1Sc1ccc(Cl)cc1. The van der Waals surface area contributed by atoms with E-state index < -0.39 is 17.5 Å². The van der Waals surface area contributed by atoms with E-state index in [9.17, 15) is 14.4 Å². The van der Waals surface area contributed by atoms with Gasteiger partial charge in [0.25, 0.3) is 5.91 Å². The fourth-order valence-corrected chi connectivity index (χ4v) is 4.79. The molecule has 1 aliphatic carbocycles. The van der Waals surface area contributed by atoms with Crippen molar-refractivity contribution in [2.45, 2.75) is 41.0 Å². The van der Waals surface area contributed by atoms with Gasteiger partial charge in [-0.1, -0.05) is 48.3 Å². The number of anilines is 1. The minimum atomic E-state index is -0.806. The molecule has 2 aromatic rings. The Morgan fingerprint density at radius 1 is 1.10 bits per heavy atom. The van der Waals surface area contributed by atoms with Gasteiger partial charge >= 0.3 is 6.03 Å². The van der Waals surface area contributed by atoms with Gasteiger partial charge in [-0.25, -0.2) is 4.79 Å². The summed E-state index contributed by atoms with van der Waals surface area (Å²) in [4.78, 5) is 40.4. The number of urea groups is 1. The van der Waals surface area contributed by atoms with Crippen LogP contribution in [0.1, 0.15) is 25.7 Å². The van der Waals surface area contributed by atoms with Gasteiger partial charge in [-0.3, -0.25) is 14.5 Å². The second-order valence-corrected chi connectivity index (χ2v) is 8.76. The summed E-state index contributed by atoms with van der Waals surface area (Å²) < 4.78 is 0. The summed E-state index contributed by atoms with van der Waals surface area (Å²) in [6.07, 6.45) is 3.08. The van der Waals surface area contributed by atoms with E-state index in [1.807, 2.05) is 42.5 Å². The number of hydrogen-bond acceptors (Lipinski definition) is 4. The van der Waals surface area contributed by atoms with E-state index >= 15 is 0 Å². The number of carbonyl (C=O) groups excluding carboxylic acids is 3. The number of hydrogen-bond donors (Lipinski definition) is 2. The average molecular weight is 430 g/mol. The summed E-state index contributed by atoms with van der Waals surface area (Å²) in [7, 11) is 0. The molecule has 2 aliphatic rings. The number of amides is 4. The monoisotopic (exact) mass is 429 g/mol. The predicted octanol–water partition coefficient (Wildman–Crippen LogP) is 4.29. The molecule has 1 saturated heterocycles. The van der Waals surface area contributed by atoms with Gasteiger partial charge in [0.1, 0.15) is 12.1 Å². The Labute approximate surface area is 178 Å². The maximum Gasteiger partial charge on any atom is 0.325 e. The van der Waals surface area contributed by atoms with Gasteiger partial charge in [0.15, 0.2) is 0 Å². The molecule has 8 heteroatoms. The van der Waals surface area contributed by atoms with Crippen LogP contribution in [0, 0.1) is 0 Å². The normalized spacial score (nSPS) is 17.6. The molecule has 4 rings (SSSR count). The third-order valence-corrected chi connectivity index (χ3v) is 6.54. The zero-order valence-corrected chi connectivity index (χ0v) is 17.2. The van der Waals surface area contributed by atoms with Crippen LogP contribution in [0.5, 0.6) is 0 Å². The highest BCUT2D eigenvalue weighted by atomic mass is 35.5. The molecule has 4 amide bonds. The molecule has 0 bridgehead atoms. The number of imide groups is 1. The van der Waals surface area contributed by atoms with Crippen LogP contribution in [0.2, 0.25) is 5.02 Å². The number of nitrogens with zero attached hydrogens (tertiary/aromatic N) is 1. The van der Waals surface area contributed by atoms with Crippen molar-refractivity contribution in [3.8, 4) is 0 Å². The number of rotatable bonds is 5. The minimum absolute atomic E-state index is 0.293. The van der Waals surface area contributed by atoms with Crippen molar-refractivity contribution in [2.24, 2.45) is 0 Å².